The molecule has 0 bridgehead atoms. The summed E-state index contributed by atoms with van der Waals surface area (Å²) in [7, 11) is 0. The third-order valence-electron chi connectivity index (χ3n) is 2.86. The second-order valence-corrected chi connectivity index (χ2v) is 4.35. The van der Waals surface area contributed by atoms with Crippen LogP contribution in [0.2, 0.25) is 0 Å². The fraction of sp³-hybridized carbons (Fsp3) is 0.312. The van der Waals surface area contributed by atoms with E-state index in [4.69, 9.17) is 9.47 Å². The van der Waals surface area contributed by atoms with Gasteiger partial charge < -0.3 is 14.6 Å². The van der Waals surface area contributed by atoms with Crippen molar-refractivity contribution in [1.29, 1.82) is 0 Å². The Bertz CT molecular complexity index is 522. The SMILES string of the molecule is CCOc1ccc(Oc2ccc(C(O)CC)nc2)cc1. The molecule has 0 saturated carbocycles. The van der Waals surface area contributed by atoms with Crippen molar-refractivity contribution in [1.82, 2.24) is 4.98 Å². The standard InChI is InChI=1S/C16H19NO3/c1-3-16(18)15-10-9-14(11-17-15)20-13-7-5-12(6-8-13)19-4-2/h5-11,16,18H,3-4H2,1-2H3. The Morgan fingerprint density at radius 2 is 1.65 bits per heavy atom. The molecule has 1 aromatic heterocycles. The number of ether oxygens (including phenoxy) is 2. The van der Waals surface area contributed by atoms with Crippen LogP contribution >= 0.6 is 0 Å². The van der Waals surface area contributed by atoms with Gasteiger partial charge in [-0.15, -0.1) is 0 Å². The van der Waals surface area contributed by atoms with Gasteiger partial charge in [0.15, 0.2) is 0 Å². The lowest BCUT2D eigenvalue weighted by atomic mass is 10.2. The van der Waals surface area contributed by atoms with Crippen LogP contribution in [-0.4, -0.2) is 16.7 Å². The van der Waals surface area contributed by atoms with Crippen LogP contribution in [0.5, 0.6) is 17.2 Å². The van der Waals surface area contributed by atoms with Crippen LogP contribution in [0, 0.1) is 0 Å². The van der Waals surface area contributed by atoms with E-state index < -0.39 is 6.10 Å². The first-order chi connectivity index (χ1) is 9.72. The van der Waals surface area contributed by atoms with E-state index in [1.165, 1.54) is 0 Å². The summed E-state index contributed by atoms with van der Waals surface area (Å²) in [5, 5.41) is 9.67. The highest BCUT2D eigenvalue weighted by molar-refractivity contribution is 5.34. The van der Waals surface area contributed by atoms with Crippen molar-refractivity contribution in [3.63, 3.8) is 0 Å². The minimum Gasteiger partial charge on any atom is -0.494 e. The number of nitrogens with zero attached hydrogens (tertiary/aromatic N) is 1. The fourth-order valence-corrected chi connectivity index (χ4v) is 1.77. The molecule has 1 N–H and O–H groups in total. The Morgan fingerprint density at radius 1 is 1.00 bits per heavy atom. The molecule has 0 fully saturated rings. The molecular formula is C16H19NO3. The van der Waals surface area contributed by atoms with E-state index in [1.54, 1.807) is 18.3 Å². The molecule has 4 nitrogen and oxygen atoms in total. The highest BCUT2D eigenvalue weighted by atomic mass is 16.5. The van der Waals surface area contributed by atoms with E-state index in [-0.39, 0.29) is 0 Å². The molecule has 106 valence electrons. The van der Waals surface area contributed by atoms with Crippen molar-refractivity contribution in [2.24, 2.45) is 0 Å². The maximum absolute atomic E-state index is 9.67. The number of rotatable bonds is 6. The highest BCUT2D eigenvalue weighted by Gasteiger charge is 2.06. The predicted molar refractivity (Wildman–Crippen MR) is 77.2 cm³/mol. The Labute approximate surface area is 119 Å². The first-order valence-corrected chi connectivity index (χ1v) is 6.77. The average Bonchev–Trinajstić information content (AvgIpc) is 2.49. The number of hydrogen-bond donors (Lipinski definition) is 1. The van der Waals surface area contributed by atoms with Gasteiger partial charge in [-0.2, -0.15) is 0 Å². The fourth-order valence-electron chi connectivity index (χ4n) is 1.77. The van der Waals surface area contributed by atoms with Gasteiger partial charge in [0.05, 0.1) is 24.6 Å². The number of benzene rings is 1. The first-order valence-electron chi connectivity index (χ1n) is 6.77. The number of aromatic nitrogens is 1. The van der Waals surface area contributed by atoms with Crippen LogP contribution in [0.1, 0.15) is 32.1 Å². The van der Waals surface area contributed by atoms with Crippen LogP contribution in [-0.2, 0) is 0 Å². The average molecular weight is 273 g/mol. The summed E-state index contributed by atoms with van der Waals surface area (Å²) in [6.45, 7) is 4.50. The molecule has 2 aromatic rings. The van der Waals surface area contributed by atoms with Crippen LogP contribution in [0.3, 0.4) is 0 Å². The molecular weight excluding hydrogens is 254 g/mol. The van der Waals surface area contributed by atoms with E-state index in [0.29, 0.717) is 24.5 Å². The smallest absolute Gasteiger partial charge is 0.145 e. The zero-order valence-corrected chi connectivity index (χ0v) is 11.7. The van der Waals surface area contributed by atoms with Crippen molar-refractivity contribution >= 4 is 0 Å². The molecule has 0 amide bonds. The molecule has 2 rings (SSSR count). The third-order valence-corrected chi connectivity index (χ3v) is 2.86. The van der Waals surface area contributed by atoms with Gasteiger partial charge in [0.1, 0.15) is 17.2 Å². The minimum atomic E-state index is -0.519. The number of aliphatic hydroxyl groups is 1. The molecule has 1 atom stereocenters. The molecule has 1 unspecified atom stereocenters. The zero-order chi connectivity index (χ0) is 14.4. The van der Waals surface area contributed by atoms with Gasteiger partial charge in [0.25, 0.3) is 0 Å². The number of aliphatic hydroxyl groups excluding tert-OH is 1. The Kier molecular flexibility index (Phi) is 4.96. The monoisotopic (exact) mass is 273 g/mol. The summed E-state index contributed by atoms with van der Waals surface area (Å²) in [5.41, 5.74) is 0.659. The van der Waals surface area contributed by atoms with E-state index in [9.17, 15) is 5.11 Å². The van der Waals surface area contributed by atoms with E-state index in [1.807, 2.05) is 38.1 Å². The third kappa shape index (κ3) is 3.71. The lowest BCUT2D eigenvalue weighted by molar-refractivity contribution is 0.169. The van der Waals surface area contributed by atoms with Crippen molar-refractivity contribution in [3.8, 4) is 17.2 Å². The molecule has 1 heterocycles. The van der Waals surface area contributed by atoms with Gasteiger partial charge in [-0.3, -0.25) is 4.98 Å². The van der Waals surface area contributed by atoms with Crippen molar-refractivity contribution < 1.29 is 14.6 Å². The molecule has 0 saturated heterocycles. The molecule has 0 aliphatic carbocycles. The van der Waals surface area contributed by atoms with Gasteiger partial charge in [-0.05, 0) is 49.7 Å². The molecule has 1 aromatic carbocycles. The van der Waals surface area contributed by atoms with E-state index >= 15 is 0 Å². The Morgan fingerprint density at radius 3 is 2.20 bits per heavy atom. The number of pyridine rings is 1. The van der Waals surface area contributed by atoms with Crippen molar-refractivity contribution in [3.05, 3.63) is 48.3 Å². The lowest BCUT2D eigenvalue weighted by Crippen LogP contribution is -1.98. The van der Waals surface area contributed by atoms with Crippen LogP contribution in [0.25, 0.3) is 0 Å². The summed E-state index contributed by atoms with van der Waals surface area (Å²) < 4.78 is 11.0. The van der Waals surface area contributed by atoms with Gasteiger partial charge in [0, 0.05) is 0 Å². The zero-order valence-electron chi connectivity index (χ0n) is 11.7. The molecule has 20 heavy (non-hydrogen) atoms. The van der Waals surface area contributed by atoms with E-state index in [2.05, 4.69) is 4.98 Å². The second kappa shape index (κ2) is 6.91. The van der Waals surface area contributed by atoms with Crippen LogP contribution in [0.4, 0.5) is 0 Å². The van der Waals surface area contributed by atoms with Crippen molar-refractivity contribution in [2.45, 2.75) is 26.4 Å². The minimum absolute atomic E-state index is 0.519. The van der Waals surface area contributed by atoms with Gasteiger partial charge in [-0.25, -0.2) is 0 Å². The van der Waals surface area contributed by atoms with E-state index in [0.717, 1.165) is 11.5 Å². The topological polar surface area (TPSA) is 51.6 Å². The summed E-state index contributed by atoms with van der Waals surface area (Å²) in [5.74, 6) is 2.18. The molecule has 0 spiro atoms. The summed E-state index contributed by atoms with van der Waals surface area (Å²) in [6.07, 6.45) is 1.74. The maximum atomic E-state index is 9.67. The Balaban J connectivity index is 2.02. The lowest BCUT2D eigenvalue weighted by Gasteiger charge is -2.09. The molecule has 0 radical (unpaired) electrons. The molecule has 0 aliphatic heterocycles. The van der Waals surface area contributed by atoms with Gasteiger partial charge >= 0.3 is 0 Å². The normalized spacial score (nSPS) is 11.9. The van der Waals surface area contributed by atoms with Crippen LogP contribution < -0.4 is 9.47 Å². The maximum Gasteiger partial charge on any atom is 0.145 e. The summed E-state index contributed by atoms with van der Waals surface area (Å²) >= 11 is 0. The Hall–Kier alpha value is -2.07. The van der Waals surface area contributed by atoms with Gasteiger partial charge in [-0.1, -0.05) is 6.92 Å². The quantitative estimate of drug-likeness (QED) is 0.871. The second-order valence-electron chi connectivity index (χ2n) is 4.35. The van der Waals surface area contributed by atoms with Crippen molar-refractivity contribution in [2.75, 3.05) is 6.61 Å². The highest BCUT2D eigenvalue weighted by Crippen LogP contribution is 2.24. The predicted octanol–water partition coefficient (Wildman–Crippen LogP) is 3.72. The van der Waals surface area contributed by atoms with Crippen LogP contribution in [0.15, 0.2) is 42.6 Å². The summed E-state index contributed by atoms with van der Waals surface area (Å²) in [6, 6.07) is 11.0. The molecule has 4 heteroatoms. The summed E-state index contributed by atoms with van der Waals surface area (Å²) in [4.78, 5) is 4.19. The molecule has 0 aliphatic rings. The van der Waals surface area contributed by atoms with Gasteiger partial charge in [0.2, 0.25) is 0 Å². The largest absolute Gasteiger partial charge is 0.494 e. The first kappa shape index (κ1) is 14.3. The number of hydrogen-bond acceptors (Lipinski definition) is 4.